The van der Waals surface area contributed by atoms with Crippen LogP contribution in [0.1, 0.15) is 271 Å². The number of ether oxygens (including phenoxy) is 4. The number of allylic oxidation sites excluding steroid dienone is 26. The summed E-state index contributed by atoms with van der Waals surface area (Å²) in [4.78, 5) is 37.7. The summed E-state index contributed by atoms with van der Waals surface area (Å²) in [5.74, 6) is -2.02. The second-order valence-corrected chi connectivity index (χ2v) is 24.4. The van der Waals surface area contributed by atoms with Gasteiger partial charge in [-0.2, -0.15) is 0 Å². The number of esters is 2. The molecule has 0 heterocycles. The van der Waals surface area contributed by atoms with Crippen molar-refractivity contribution in [1.29, 1.82) is 0 Å². The fourth-order valence-electron chi connectivity index (χ4n) is 9.41. The lowest BCUT2D eigenvalue weighted by atomic mass is 10.0. The second-order valence-electron chi connectivity index (χ2n) is 24.4. The van der Waals surface area contributed by atoms with Crippen LogP contribution in [0.2, 0.25) is 0 Å². The molecule has 2 atom stereocenters. The standard InChI is InChI=1S/C80H131NO8/c1-6-8-10-12-14-16-18-20-22-24-26-28-30-32-34-35-36-37-38-39-40-41-42-43-45-47-49-51-53-55-57-59-61-63-65-67-69-71-78(83)89-76(75-88-80(79(84)85)86-73-72-81(3,4)5)74-87-77(82)70-68-66-64-62-60-58-56-54-52-50-48-46-44-33-31-29-27-25-23-21-19-17-15-13-11-9-7-2/h8-11,14-17,20-23,26-29,32-34,36-37,39-40,42-44,76,80H,6-7,12-13,18-19,24-25,30-31,35,38,41,45-75H2,1-5H3/p+1/b10-8-,11-9-,16-14-,17-15-,22-20-,23-21-,28-26-,29-27-,34-32-,37-36-,40-39-,43-42-,44-33-. The molecule has 0 saturated heterocycles. The second kappa shape index (κ2) is 68.8. The van der Waals surface area contributed by atoms with E-state index in [9.17, 15) is 19.5 Å². The van der Waals surface area contributed by atoms with Crippen LogP contribution in [0.15, 0.2) is 158 Å². The van der Waals surface area contributed by atoms with Gasteiger partial charge in [0.25, 0.3) is 6.29 Å². The molecule has 0 aromatic heterocycles. The Hall–Kier alpha value is -5.09. The van der Waals surface area contributed by atoms with Gasteiger partial charge >= 0.3 is 17.9 Å². The zero-order valence-electron chi connectivity index (χ0n) is 57.5. The maximum absolute atomic E-state index is 13.0. The van der Waals surface area contributed by atoms with E-state index < -0.39 is 24.3 Å². The number of carboxylic acid groups (broad SMARTS) is 1. The minimum absolute atomic E-state index is 0.180. The molecule has 0 amide bonds. The Morgan fingerprint density at radius 3 is 0.899 bits per heavy atom. The molecule has 2 unspecified atom stereocenters. The number of hydrogen-bond acceptors (Lipinski definition) is 7. The topological polar surface area (TPSA) is 108 Å². The van der Waals surface area contributed by atoms with Gasteiger partial charge in [-0.1, -0.05) is 294 Å². The molecule has 0 aromatic rings. The molecule has 0 radical (unpaired) electrons. The maximum atomic E-state index is 13.0. The summed E-state index contributed by atoms with van der Waals surface area (Å²) < 4.78 is 23.0. The molecule has 1 N–H and O–H groups in total. The van der Waals surface area contributed by atoms with Crippen LogP contribution in [0.3, 0.4) is 0 Å². The summed E-state index contributed by atoms with van der Waals surface area (Å²) in [5, 5.41) is 9.75. The number of carbonyl (C=O) groups is 3. The number of likely N-dealkylation sites (N-methyl/N-ethyl adjacent to an activating group) is 1. The molecule has 504 valence electrons. The third kappa shape index (κ3) is 70.2. The summed E-state index contributed by atoms with van der Waals surface area (Å²) in [6, 6.07) is 0. The third-order valence-electron chi connectivity index (χ3n) is 14.8. The first kappa shape index (κ1) is 83.9. The Morgan fingerprint density at radius 1 is 0.337 bits per heavy atom. The first-order valence-corrected chi connectivity index (χ1v) is 35.6. The molecule has 9 nitrogen and oxygen atoms in total. The maximum Gasteiger partial charge on any atom is 0.361 e. The first-order chi connectivity index (χ1) is 43.6. The molecule has 0 bridgehead atoms. The van der Waals surface area contributed by atoms with E-state index in [4.69, 9.17) is 18.9 Å². The molecule has 0 saturated carbocycles. The van der Waals surface area contributed by atoms with Gasteiger partial charge in [0.1, 0.15) is 13.2 Å². The molecule has 0 aliphatic rings. The minimum Gasteiger partial charge on any atom is -0.477 e. The quantitative estimate of drug-likeness (QED) is 0.0211. The largest absolute Gasteiger partial charge is 0.477 e. The zero-order valence-corrected chi connectivity index (χ0v) is 57.5. The van der Waals surface area contributed by atoms with Crippen molar-refractivity contribution >= 4 is 17.9 Å². The monoisotopic (exact) mass is 1230 g/mol. The van der Waals surface area contributed by atoms with Crippen molar-refractivity contribution in [3.63, 3.8) is 0 Å². The number of aliphatic carboxylic acids is 1. The van der Waals surface area contributed by atoms with Crippen molar-refractivity contribution < 1.29 is 42.9 Å². The average molecular weight is 1240 g/mol. The normalized spacial score (nSPS) is 13.7. The highest BCUT2D eigenvalue weighted by Gasteiger charge is 2.25. The highest BCUT2D eigenvalue weighted by molar-refractivity contribution is 5.71. The van der Waals surface area contributed by atoms with Gasteiger partial charge in [-0.3, -0.25) is 9.59 Å². The predicted octanol–water partition coefficient (Wildman–Crippen LogP) is 22.5. The van der Waals surface area contributed by atoms with Gasteiger partial charge < -0.3 is 28.5 Å². The molecule has 0 aliphatic carbocycles. The number of carbonyl (C=O) groups excluding carboxylic acids is 2. The van der Waals surface area contributed by atoms with Crippen molar-refractivity contribution in [3.05, 3.63) is 158 Å². The van der Waals surface area contributed by atoms with Gasteiger partial charge in [-0.15, -0.1) is 0 Å². The summed E-state index contributed by atoms with van der Waals surface area (Å²) in [6.07, 6.45) is 99.2. The Morgan fingerprint density at radius 2 is 0.607 bits per heavy atom. The van der Waals surface area contributed by atoms with E-state index in [1.54, 1.807) is 0 Å². The van der Waals surface area contributed by atoms with Crippen molar-refractivity contribution in [2.45, 2.75) is 283 Å². The van der Waals surface area contributed by atoms with Crippen LogP contribution in [0.4, 0.5) is 0 Å². The third-order valence-corrected chi connectivity index (χ3v) is 14.8. The fourth-order valence-corrected chi connectivity index (χ4v) is 9.41. The summed E-state index contributed by atoms with van der Waals surface area (Å²) in [5.41, 5.74) is 0. The highest BCUT2D eigenvalue weighted by atomic mass is 16.7. The van der Waals surface area contributed by atoms with E-state index >= 15 is 0 Å². The lowest BCUT2D eigenvalue weighted by molar-refractivity contribution is -0.870. The van der Waals surface area contributed by atoms with Crippen molar-refractivity contribution in [1.82, 2.24) is 0 Å². The van der Waals surface area contributed by atoms with Crippen molar-refractivity contribution in [2.24, 2.45) is 0 Å². The summed E-state index contributed by atoms with van der Waals surface area (Å²) in [6.45, 7) is 4.64. The van der Waals surface area contributed by atoms with Crippen LogP contribution in [-0.4, -0.2) is 87.4 Å². The molecule has 0 spiro atoms. The molecule has 0 rings (SSSR count). The molecule has 9 heteroatoms. The Bertz CT molecular complexity index is 2020. The van der Waals surface area contributed by atoms with Crippen molar-refractivity contribution in [3.8, 4) is 0 Å². The van der Waals surface area contributed by atoms with Gasteiger partial charge in [0.2, 0.25) is 0 Å². The molecule has 89 heavy (non-hydrogen) atoms. The van der Waals surface area contributed by atoms with E-state index in [2.05, 4.69) is 172 Å². The van der Waals surface area contributed by atoms with E-state index in [1.165, 1.54) is 116 Å². The van der Waals surface area contributed by atoms with Crippen LogP contribution in [0.5, 0.6) is 0 Å². The van der Waals surface area contributed by atoms with E-state index in [0.717, 1.165) is 122 Å². The van der Waals surface area contributed by atoms with Gasteiger partial charge in [0, 0.05) is 12.8 Å². The van der Waals surface area contributed by atoms with Crippen LogP contribution in [0.25, 0.3) is 0 Å². The molecular weight excluding hydrogens is 1100 g/mol. The predicted molar refractivity (Wildman–Crippen MR) is 382 cm³/mol. The number of carboxylic acids is 1. The van der Waals surface area contributed by atoms with Crippen LogP contribution < -0.4 is 0 Å². The number of unbranched alkanes of at least 4 members (excludes halogenated alkanes) is 23. The first-order valence-electron chi connectivity index (χ1n) is 35.6. The van der Waals surface area contributed by atoms with Crippen molar-refractivity contribution in [2.75, 3.05) is 47.5 Å². The van der Waals surface area contributed by atoms with E-state index in [-0.39, 0.29) is 38.6 Å². The van der Waals surface area contributed by atoms with Gasteiger partial charge in [0.15, 0.2) is 6.10 Å². The lowest BCUT2D eigenvalue weighted by Crippen LogP contribution is -2.40. The van der Waals surface area contributed by atoms with Gasteiger partial charge in [0.05, 0.1) is 34.4 Å². The van der Waals surface area contributed by atoms with Crippen LogP contribution >= 0.6 is 0 Å². The van der Waals surface area contributed by atoms with Crippen LogP contribution in [0, 0.1) is 0 Å². The Balaban J connectivity index is 4.15. The van der Waals surface area contributed by atoms with Gasteiger partial charge in [-0.05, 0) is 122 Å². The molecular formula is C80H132NO8+. The average Bonchev–Trinajstić information content (AvgIpc) is 3.70. The van der Waals surface area contributed by atoms with Crippen LogP contribution in [-0.2, 0) is 33.3 Å². The summed E-state index contributed by atoms with van der Waals surface area (Å²) >= 11 is 0. The number of nitrogens with zero attached hydrogens (tertiary/aromatic N) is 1. The molecule has 0 aromatic carbocycles. The Kier molecular flexibility index (Phi) is 64.9. The van der Waals surface area contributed by atoms with Gasteiger partial charge in [-0.25, -0.2) is 4.79 Å². The summed E-state index contributed by atoms with van der Waals surface area (Å²) in [7, 11) is 5.97. The zero-order chi connectivity index (χ0) is 64.7. The number of rotatable bonds is 64. The lowest BCUT2D eigenvalue weighted by Gasteiger charge is -2.25. The van der Waals surface area contributed by atoms with E-state index in [1.807, 2.05) is 21.1 Å². The van der Waals surface area contributed by atoms with E-state index in [0.29, 0.717) is 17.4 Å². The smallest absolute Gasteiger partial charge is 0.361 e. The SMILES string of the molecule is CC/C=C\C/C=C\C/C=C\C/C=C\C/C=C\C/C=C\C/C=C\C/C=C\CCCCCCCCCCCCCCC(=O)OC(COC(=O)CCCCCCCCCCCCC/C=C\C/C=C\C/C=C\C/C=C\C/C=C\CC)COC(OCC[N+](C)(C)C)C(=O)O. The Labute approximate surface area is 546 Å². The highest BCUT2D eigenvalue weighted by Crippen LogP contribution is 2.16. The number of hydrogen-bond donors (Lipinski definition) is 1. The fraction of sp³-hybridized carbons (Fsp3) is 0.637. The minimum atomic E-state index is -1.52. The molecule has 0 fully saturated rings. The molecule has 0 aliphatic heterocycles. The number of quaternary nitrogens is 1.